The average molecular weight is 431 g/mol. The molecule has 0 bridgehead atoms. The molecule has 0 radical (unpaired) electrons. The first kappa shape index (κ1) is 21.5. The molecule has 2 atom stereocenters. The third-order valence-corrected chi connectivity index (χ3v) is 9.00. The SMILES string of the molecule is COc1ccccc1[C@@H](CNS(=O)(=O)C[C@H]1CCCS(=O)(=O)C1)N1CCCC1. The fourth-order valence-electron chi connectivity index (χ4n) is 4.26. The molecule has 158 valence electrons. The number of ether oxygens (including phenoxy) is 1. The maximum Gasteiger partial charge on any atom is 0.211 e. The smallest absolute Gasteiger partial charge is 0.211 e. The number of nitrogens with zero attached hydrogens (tertiary/aromatic N) is 1. The molecule has 9 heteroatoms. The van der Waals surface area contributed by atoms with Gasteiger partial charge in [0, 0.05) is 12.1 Å². The summed E-state index contributed by atoms with van der Waals surface area (Å²) in [5.74, 6) is 0.424. The molecule has 2 aliphatic rings. The van der Waals surface area contributed by atoms with Crippen LogP contribution in [0.15, 0.2) is 24.3 Å². The van der Waals surface area contributed by atoms with Crippen molar-refractivity contribution < 1.29 is 21.6 Å². The van der Waals surface area contributed by atoms with Gasteiger partial charge in [0.25, 0.3) is 0 Å². The third-order valence-electron chi connectivity index (χ3n) is 5.59. The van der Waals surface area contributed by atoms with E-state index in [0.29, 0.717) is 12.8 Å². The summed E-state index contributed by atoms with van der Waals surface area (Å²) >= 11 is 0. The molecule has 0 spiro atoms. The molecular weight excluding hydrogens is 400 g/mol. The second-order valence-corrected chi connectivity index (χ2v) is 11.8. The molecule has 1 N–H and O–H groups in total. The van der Waals surface area contributed by atoms with Crippen LogP contribution in [-0.2, 0) is 19.9 Å². The van der Waals surface area contributed by atoms with E-state index >= 15 is 0 Å². The summed E-state index contributed by atoms with van der Waals surface area (Å²) in [5, 5.41) is 0. The first-order chi connectivity index (χ1) is 13.3. The number of benzene rings is 1. The summed E-state index contributed by atoms with van der Waals surface area (Å²) in [6, 6.07) is 7.59. The number of para-hydroxylation sites is 1. The lowest BCUT2D eigenvalue weighted by Gasteiger charge is -2.29. The molecule has 1 aromatic rings. The maximum atomic E-state index is 12.7. The topological polar surface area (TPSA) is 92.8 Å². The monoisotopic (exact) mass is 430 g/mol. The van der Waals surface area contributed by atoms with E-state index in [1.807, 2.05) is 24.3 Å². The zero-order chi connectivity index (χ0) is 20.2. The van der Waals surface area contributed by atoms with Crippen molar-refractivity contribution in [2.75, 3.05) is 44.0 Å². The Labute approximate surface area is 168 Å². The summed E-state index contributed by atoms with van der Waals surface area (Å²) in [5.41, 5.74) is 0.967. The Morgan fingerprint density at radius 1 is 1.21 bits per heavy atom. The van der Waals surface area contributed by atoms with Crippen LogP contribution in [0.1, 0.15) is 37.3 Å². The minimum absolute atomic E-state index is 0.0318. The van der Waals surface area contributed by atoms with E-state index in [4.69, 9.17) is 4.74 Å². The van der Waals surface area contributed by atoms with Crippen LogP contribution >= 0.6 is 0 Å². The quantitative estimate of drug-likeness (QED) is 0.673. The van der Waals surface area contributed by atoms with Crippen molar-refractivity contribution in [3.63, 3.8) is 0 Å². The van der Waals surface area contributed by atoms with Gasteiger partial charge in [-0.1, -0.05) is 18.2 Å². The number of rotatable bonds is 8. The Bertz CT molecular complexity index is 864. The minimum atomic E-state index is -3.57. The lowest BCUT2D eigenvalue weighted by atomic mass is 10.0. The molecule has 7 nitrogen and oxygen atoms in total. The second kappa shape index (κ2) is 9.11. The molecule has 0 unspecified atom stereocenters. The van der Waals surface area contributed by atoms with Crippen molar-refractivity contribution >= 4 is 19.9 Å². The van der Waals surface area contributed by atoms with E-state index in [9.17, 15) is 16.8 Å². The van der Waals surface area contributed by atoms with E-state index in [-0.39, 0.29) is 35.8 Å². The van der Waals surface area contributed by atoms with Crippen LogP contribution in [0.4, 0.5) is 0 Å². The normalized spacial score (nSPS) is 24.1. The van der Waals surface area contributed by atoms with E-state index in [2.05, 4.69) is 9.62 Å². The Morgan fingerprint density at radius 2 is 1.93 bits per heavy atom. The first-order valence-electron chi connectivity index (χ1n) is 9.84. The van der Waals surface area contributed by atoms with Crippen molar-refractivity contribution in [1.29, 1.82) is 0 Å². The van der Waals surface area contributed by atoms with Crippen molar-refractivity contribution in [3.05, 3.63) is 29.8 Å². The number of nitrogens with one attached hydrogen (secondary N) is 1. The molecule has 2 heterocycles. The van der Waals surface area contributed by atoms with Gasteiger partial charge in [-0.3, -0.25) is 4.90 Å². The van der Waals surface area contributed by atoms with Crippen LogP contribution in [0.5, 0.6) is 5.75 Å². The maximum absolute atomic E-state index is 12.7. The summed E-state index contributed by atoms with van der Waals surface area (Å²) in [6.45, 7) is 2.10. The number of sulfone groups is 1. The fraction of sp³-hybridized carbons (Fsp3) is 0.684. The van der Waals surface area contributed by atoms with Gasteiger partial charge < -0.3 is 4.74 Å². The van der Waals surface area contributed by atoms with E-state index < -0.39 is 19.9 Å². The fourth-order valence-corrected chi connectivity index (χ4v) is 7.61. The molecule has 2 fully saturated rings. The Morgan fingerprint density at radius 3 is 2.61 bits per heavy atom. The molecule has 2 aliphatic heterocycles. The first-order valence-corrected chi connectivity index (χ1v) is 13.3. The predicted molar refractivity (Wildman–Crippen MR) is 110 cm³/mol. The van der Waals surface area contributed by atoms with Crippen molar-refractivity contribution in [3.8, 4) is 5.75 Å². The highest BCUT2D eigenvalue weighted by molar-refractivity contribution is 7.91. The summed E-state index contributed by atoms with van der Waals surface area (Å²) in [6.07, 6.45) is 3.37. The molecule has 0 aliphatic carbocycles. The van der Waals surface area contributed by atoms with Crippen LogP contribution in [0.3, 0.4) is 0 Å². The number of sulfonamides is 1. The van der Waals surface area contributed by atoms with Gasteiger partial charge in [0.05, 0.1) is 30.4 Å². The highest BCUT2D eigenvalue weighted by atomic mass is 32.2. The van der Waals surface area contributed by atoms with Crippen molar-refractivity contribution in [2.24, 2.45) is 5.92 Å². The lowest BCUT2D eigenvalue weighted by molar-refractivity contribution is 0.240. The molecule has 0 aromatic heterocycles. The van der Waals surface area contributed by atoms with Crippen LogP contribution in [-0.4, -0.2) is 65.7 Å². The molecular formula is C19H30N2O5S2. The van der Waals surface area contributed by atoms with Gasteiger partial charge in [0.1, 0.15) is 5.75 Å². The number of hydrogen-bond donors (Lipinski definition) is 1. The Kier molecular flexibility index (Phi) is 7.01. The molecule has 3 rings (SSSR count). The third kappa shape index (κ3) is 5.68. The zero-order valence-corrected chi connectivity index (χ0v) is 18.0. The summed E-state index contributed by atoms with van der Waals surface area (Å²) in [7, 11) is -5.06. The van der Waals surface area contributed by atoms with Gasteiger partial charge in [-0.05, 0) is 50.8 Å². The van der Waals surface area contributed by atoms with Gasteiger partial charge in [-0.2, -0.15) is 0 Å². The zero-order valence-electron chi connectivity index (χ0n) is 16.3. The Balaban J connectivity index is 1.70. The van der Waals surface area contributed by atoms with Crippen LogP contribution in [0, 0.1) is 5.92 Å². The highest BCUT2D eigenvalue weighted by Crippen LogP contribution is 2.31. The predicted octanol–water partition coefficient (Wildman–Crippen LogP) is 1.58. The number of hydrogen-bond acceptors (Lipinski definition) is 6. The largest absolute Gasteiger partial charge is 0.496 e. The molecule has 0 saturated carbocycles. The van der Waals surface area contributed by atoms with Gasteiger partial charge in [-0.15, -0.1) is 0 Å². The molecule has 1 aromatic carbocycles. The van der Waals surface area contributed by atoms with Crippen molar-refractivity contribution in [1.82, 2.24) is 9.62 Å². The molecule has 28 heavy (non-hydrogen) atoms. The van der Waals surface area contributed by atoms with Gasteiger partial charge in [0.2, 0.25) is 10.0 Å². The second-order valence-electron chi connectivity index (χ2n) is 7.75. The van der Waals surface area contributed by atoms with Crippen LogP contribution in [0.25, 0.3) is 0 Å². The molecule has 2 saturated heterocycles. The van der Waals surface area contributed by atoms with Gasteiger partial charge in [0.15, 0.2) is 9.84 Å². The van der Waals surface area contributed by atoms with Crippen LogP contribution in [0.2, 0.25) is 0 Å². The van der Waals surface area contributed by atoms with Gasteiger partial charge in [-0.25, -0.2) is 21.6 Å². The standard InChI is InChI=1S/C19H30N2O5S2/c1-26-19-9-3-2-8-17(19)18(21-10-4-5-11-21)13-20-28(24,25)15-16-7-6-12-27(22,23)14-16/h2-3,8-9,16,18,20H,4-7,10-15H2,1H3/t16-,18+/m0/s1. The lowest BCUT2D eigenvalue weighted by Crippen LogP contribution is -2.40. The van der Waals surface area contributed by atoms with Crippen LogP contribution < -0.4 is 9.46 Å². The Hall–Kier alpha value is -1.16. The average Bonchev–Trinajstić information content (AvgIpc) is 3.15. The highest BCUT2D eigenvalue weighted by Gasteiger charge is 2.31. The molecule has 0 amide bonds. The van der Waals surface area contributed by atoms with Crippen molar-refractivity contribution in [2.45, 2.75) is 31.7 Å². The van der Waals surface area contributed by atoms with E-state index in [1.165, 1.54) is 0 Å². The number of methoxy groups -OCH3 is 1. The summed E-state index contributed by atoms with van der Waals surface area (Å²) < 4.78 is 57.2. The van der Waals surface area contributed by atoms with Gasteiger partial charge >= 0.3 is 0 Å². The number of likely N-dealkylation sites (tertiary alicyclic amines) is 1. The van der Waals surface area contributed by atoms with E-state index in [0.717, 1.165) is 37.2 Å². The van der Waals surface area contributed by atoms with E-state index in [1.54, 1.807) is 7.11 Å². The summed E-state index contributed by atoms with van der Waals surface area (Å²) in [4.78, 5) is 2.28. The minimum Gasteiger partial charge on any atom is -0.496 e.